The first-order chi connectivity index (χ1) is 13.2. The van der Waals surface area contributed by atoms with E-state index in [-0.39, 0.29) is 17.2 Å². The molecule has 1 aromatic carbocycles. The third-order valence-corrected chi connectivity index (χ3v) is 7.07. The van der Waals surface area contributed by atoms with Gasteiger partial charge in [0.2, 0.25) is 5.91 Å². The second-order valence-electron chi connectivity index (χ2n) is 8.74. The second kappa shape index (κ2) is 8.08. The molecule has 0 bridgehead atoms. The van der Waals surface area contributed by atoms with Crippen LogP contribution in [0, 0.1) is 11.3 Å². The van der Waals surface area contributed by atoms with E-state index < -0.39 is 5.91 Å². The van der Waals surface area contributed by atoms with E-state index in [2.05, 4.69) is 26.1 Å². The average Bonchev–Trinajstić information content (AvgIpc) is 2.99. The number of rotatable bonds is 5. The highest BCUT2D eigenvalue weighted by atomic mass is 32.1. The lowest BCUT2D eigenvalue weighted by atomic mass is 9.72. The molecule has 5 heteroatoms. The van der Waals surface area contributed by atoms with Crippen LogP contribution in [-0.2, 0) is 17.6 Å². The van der Waals surface area contributed by atoms with E-state index in [1.807, 2.05) is 37.3 Å². The van der Waals surface area contributed by atoms with E-state index in [9.17, 15) is 9.59 Å². The van der Waals surface area contributed by atoms with Gasteiger partial charge in [0.25, 0.3) is 5.91 Å². The highest BCUT2D eigenvalue weighted by molar-refractivity contribution is 7.17. The monoisotopic (exact) mass is 398 g/mol. The lowest BCUT2D eigenvalue weighted by molar-refractivity contribution is -0.117. The smallest absolute Gasteiger partial charge is 0.251 e. The predicted molar refractivity (Wildman–Crippen MR) is 116 cm³/mol. The van der Waals surface area contributed by atoms with E-state index in [4.69, 9.17) is 5.73 Å². The van der Waals surface area contributed by atoms with Crippen LogP contribution < -0.4 is 11.1 Å². The average molecular weight is 399 g/mol. The number of hydrogen-bond donors (Lipinski definition) is 2. The normalized spacial score (nSPS) is 17.6. The molecule has 0 saturated carbocycles. The van der Waals surface area contributed by atoms with Gasteiger partial charge in [-0.15, -0.1) is 11.3 Å². The van der Waals surface area contributed by atoms with Gasteiger partial charge in [-0.3, -0.25) is 9.59 Å². The third kappa shape index (κ3) is 4.14. The zero-order chi connectivity index (χ0) is 20.5. The zero-order valence-corrected chi connectivity index (χ0v) is 18.0. The minimum Gasteiger partial charge on any atom is -0.365 e. The minimum atomic E-state index is -0.449. The van der Waals surface area contributed by atoms with Gasteiger partial charge in [-0.2, -0.15) is 0 Å². The molecule has 2 amide bonds. The Kier molecular flexibility index (Phi) is 5.94. The maximum absolute atomic E-state index is 13.0. The largest absolute Gasteiger partial charge is 0.365 e. The van der Waals surface area contributed by atoms with Crippen LogP contribution in [0.4, 0.5) is 5.00 Å². The number of nitrogens with one attached hydrogen (secondary N) is 1. The van der Waals surface area contributed by atoms with Crippen molar-refractivity contribution in [1.29, 1.82) is 0 Å². The highest BCUT2D eigenvalue weighted by Gasteiger charge is 2.34. The van der Waals surface area contributed by atoms with Gasteiger partial charge in [0, 0.05) is 4.88 Å². The molecule has 150 valence electrons. The molecule has 3 rings (SSSR count). The minimum absolute atomic E-state index is 0.0813. The second-order valence-corrected chi connectivity index (χ2v) is 9.84. The Morgan fingerprint density at radius 1 is 1.25 bits per heavy atom. The van der Waals surface area contributed by atoms with Crippen molar-refractivity contribution in [3.05, 3.63) is 51.9 Å². The molecule has 28 heavy (non-hydrogen) atoms. The summed E-state index contributed by atoms with van der Waals surface area (Å²) in [5.41, 5.74) is 8.48. The molecule has 2 aromatic rings. The summed E-state index contributed by atoms with van der Waals surface area (Å²) in [6, 6.07) is 9.76. The molecule has 0 aliphatic heterocycles. The Balaban J connectivity index is 1.89. The van der Waals surface area contributed by atoms with Crippen molar-refractivity contribution < 1.29 is 9.59 Å². The number of carbonyl (C=O) groups is 2. The first kappa shape index (κ1) is 20.6. The third-order valence-electron chi connectivity index (χ3n) is 5.90. The Bertz CT molecular complexity index is 865. The lowest BCUT2D eigenvalue weighted by Crippen LogP contribution is -2.27. The Hall–Kier alpha value is -2.14. The fourth-order valence-corrected chi connectivity index (χ4v) is 5.47. The van der Waals surface area contributed by atoms with Crippen LogP contribution in [0.2, 0.25) is 0 Å². The zero-order valence-electron chi connectivity index (χ0n) is 17.2. The topological polar surface area (TPSA) is 72.2 Å². The van der Waals surface area contributed by atoms with E-state index in [1.54, 1.807) is 0 Å². The summed E-state index contributed by atoms with van der Waals surface area (Å²) < 4.78 is 0. The van der Waals surface area contributed by atoms with Crippen molar-refractivity contribution in [2.45, 2.75) is 59.3 Å². The summed E-state index contributed by atoms with van der Waals surface area (Å²) in [6.07, 6.45) is 3.52. The number of carbonyl (C=O) groups excluding carboxylic acids is 2. The summed E-state index contributed by atoms with van der Waals surface area (Å²) in [5, 5.41) is 3.65. The number of nitrogens with two attached hydrogens (primary N) is 1. The molecule has 4 nitrogen and oxygen atoms in total. The summed E-state index contributed by atoms with van der Waals surface area (Å²) in [6.45, 7) is 8.79. The Morgan fingerprint density at radius 2 is 1.93 bits per heavy atom. The van der Waals surface area contributed by atoms with Crippen LogP contribution in [-0.4, -0.2) is 11.8 Å². The first-order valence-electron chi connectivity index (χ1n) is 10.0. The van der Waals surface area contributed by atoms with Crippen LogP contribution in [0.1, 0.15) is 72.8 Å². The fourth-order valence-electron chi connectivity index (χ4n) is 4.13. The molecular weight excluding hydrogens is 368 g/mol. The van der Waals surface area contributed by atoms with Crippen molar-refractivity contribution in [2.24, 2.45) is 17.1 Å². The molecule has 0 saturated heterocycles. The van der Waals surface area contributed by atoms with Crippen LogP contribution in [0.15, 0.2) is 30.3 Å². The summed E-state index contributed by atoms with van der Waals surface area (Å²) >= 11 is 1.53. The molecule has 0 fully saturated rings. The molecule has 2 atom stereocenters. The number of thiophene rings is 1. The van der Waals surface area contributed by atoms with Crippen molar-refractivity contribution in [3.63, 3.8) is 0 Å². The SMILES string of the molecule is CC[C@@H](C(=O)Nc1sc2c(c1C(N)=O)CC[C@H](C(C)(C)C)C2)c1ccccc1. The lowest BCUT2D eigenvalue weighted by Gasteiger charge is -2.33. The van der Waals surface area contributed by atoms with Crippen LogP contribution in [0.3, 0.4) is 0 Å². The van der Waals surface area contributed by atoms with Crippen LogP contribution in [0.25, 0.3) is 0 Å². The quantitative estimate of drug-likeness (QED) is 0.733. The van der Waals surface area contributed by atoms with Gasteiger partial charge < -0.3 is 11.1 Å². The number of primary amides is 1. The number of fused-ring (bicyclic) bond motifs is 1. The Labute approximate surface area is 171 Å². The van der Waals surface area contributed by atoms with Crippen molar-refractivity contribution in [2.75, 3.05) is 5.32 Å². The molecule has 1 aromatic heterocycles. The van der Waals surface area contributed by atoms with Gasteiger partial charge in [0.05, 0.1) is 11.5 Å². The van der Waals surface area contributed by atoms with Crippen molar-refractivity contribution in [3.8, 4) is 0 Å². The number of amides is 2. The maximum Gasteiger partial charge on any atom is 0.251 e. The molecule has 1 heterocycles. The maximum atomic E-state index is 13.0. The summed E-state index contributed by atoms with van der Waals surface area (Å²) in [5.74, 6) is -0.212. The fraction of sp³-hybridized carbons (Fsp3) is 0.478. The molecule has 0 radical (unpaired) electrons. The van der Waals surface area contributed by atoms with E-state index in [1.165, 1.54) is 16.2 Å². The summed E-state index contributed by atoms with van der Waals surface area (Å²) in [4.78, 5) is 26.4. The van der Waals surface area contributed by atoms with Gasteiger partial charge in [0.1, 0.15) is 5.00 Å². The molecule has 0 unspecified atom stereocenters. The van der Waals surface area contributed by atoms with Gasteiger partial charge in [-0.25, -0.2) is 0 Å². The van der Waals surface area contributed by atoms with Crippen molar-refractivity contribution in [1.82, 2.24) is 0 Å². The molecule has 0 spiro atoms. The molecular formula is C23H30N2O2S. The molecule has 1 aliphatic carbocycles. The standard InChI is InChI=1S/C23H30N2O2S/c1-5-16(14-9-7-6-8-10-14)21(27)25-22-19(20(24)26)17-12-11-15(23(2,3)4)13-18(17)28-22/h6-10,15-16H,5,11-13H2,1-4H3,(H2,24,26)(H,25,27)/t15-,16+/m0/s1. The van der Waals surface area contributed by atoms with Crippen LogP contribution >= 0.6 is 11.3 Å². The van der Waals surface area contributed by atoms with Crippen molar-refractivity contribution >= 4 is 28.2 Å². The molecule has 3 N–H and O–H groups in total. The van der Waals surface area contributed by atoms with E-state index in [0.29, 0.717) is 22.9 Å². The van der Waals surface area contributed by atoms with Gasteiger partial charge in [0.15, 0.2) is 0 Å². The van der Waals surface area contributed by atoms with Gasteiger partial charge >= 0.3 is 0 Å². The first-order valence-corrected chi connectivity index (χ1v) is 10.8. The summed E-state index contributed by atoms with van der Waals surface area (Å²) in [7, 11) is 0. The highest BCUT2D eigenvalue weighted by Crippen LogP contribution is 2.44. The van der Waals surface area contributed by atoms with Gasteiger partial charge in [-0.05, 0) is 48.1 Å². The van der Waals surface area contributed by atoms with Crippen LogP contribution in [0.5, 0.6) is 0 Å². The Morgan fingerprint density at radius 3 is 2.50 bits per heavy atom. The number of benzene rings is 1. The predicted octanol–water partition coefficient (Wildman–Crippen LogP) is 5.13. The van der Waals surface area contributed by atoms with E-state index in [0.717, 1.165) is 30.4 Å². The van der Waals surface area contributed by atoms with Gasteiger partial charge in [-0.1, -0.05) is 58.0 Å². The number of anilines is 1. The van der Waals surface area contributed by atoms with E-state index >= 15 is 0 Å². The number of hydrogen-bond acceptors (Lipinski definition) is 3. The molecule has 1 aliphatic rings.